The first kappa shape index (κ1) is 21.1. The second kappa shape index (κ2) is 9.77. The molecule has 0 radical (unpaired) electrons. The zero-order valence-electron chi connectivity index (χ0n) is 17.7. The van der Waals surface area contributed by atoms with Crippen molar-refractivity contribution >= 4 is 16.6 Å². The van der Waals surface area contributed by atoms with Gasteiger partial charge < -0.3 is 19.7 Å². The van der Waals surface area contributed by atoms with E-state index in [1.807, 2.05) is 12.1 Å². The molecule has 0 spiro atoms. The summed E-state index contributed by atoms with van der Waals surface area (Å²) in [4.78, 5) is 7.33. The fourth-order valence-electron chi connectivity index (χ4n) is 4.53. The standard InChI is InChI=1S/C23H31F2N3O2/c1-29-20-14-17-19(15-21(20)30-13-5-12-28-10-2-3-11-28)27-18-7-4-6-16(18)23(17)26-9-8-22(24)25/h14-15,22H,2-13H2,1H3,(H,26,27). The molecule has 1 aliphatic carbocycles. The molecule has 2 aromatic rings. The maximum Gasteiger partial charge on any atom is 0.240 e. The first-order valence-electron chi connectivity index (χ1n) is 11.1. The Hall–Kier alpha value is -2.15. The minimum atomic E-state index is -2.31. The van der Waals surface area contributed by atoms with Crippen molar-refractivity contribution in [3.63, 3.8) is 0 Å². The van der Waals surface area contributed by atoms with Gasteiger partial charge in [-0.1, -0.05) is 0 Å². The third kappa shape index (κ3) is 4.77. The van der Waals surface area contributed by atoms with Crippen LogP contribution in [0.25, 0.3) is 10.9 Å². The second-order valence-electron chi connectivity index (χ2n) is 8.14. The lowest BCUT2D eigenvalue weighted by molar-refractivity contribution is 0.142. The lowest BCUT2D eigenvalue weighted by Crippen LogP contribution is -2.21. The monoisotopic (exact) mass is 419 g/mol. The number of benzene rings is 1. The van der Waals surface area contributed by atoms with Crippen LogP contribution in [-0.2, 0) is 12.8 Å². The van der Waals surface area contributed by atoms with Gasteiger partial charge >= 0.3 is 0 Å². The van der Waals surface area contributed by atoms with E-state index in [9.17, 15) is 8.78 Å². The largest absolute Gasteiger partial charge is 0.493 e. The molecule has 1 fully saturated rings. The number of hydrogen-bond acceptors (Lipinski definition) is 5. The molecule has 0 atom stereocenters. The summed E-state index contributed by atoms with van der Waals surface area (Å²) in [5, 5.41) is 4.16. The normalized spacial score (nSPS) is 16.4. The lowest BCUT2D eigenvalue weighted by atomic mass is 10.1. The van der Waals surface area contributed by atoms with Crippen LogP contribution in [0.3, 0.4) is 0 Å². The summed E-state index contributed by atoms with van der Waals surface area (Å²) in [6, 6.07) is 3.86. The molecule has 0 unspecified atom stereocenters. The predicted molar refractivity (Wildman–Crippen MR) is 115 cm³/mol. The van der Waals surface area contributed by atoms with E-state index in [4.69, 9.17) is 14.5 Å². The first-order chi connectivity index (χ1) is 14.7. The topological polar surface area (TPSA) is 46.6 Å². The molecular formula is C23H31F2N3O2. The van der Waals surface area contributed by atoms with Crippen molar-refractivity contribution in [2.45, 2.75) is 51.4 Å². The highest BCUT2D eigenvalue weighted by Crippen LogP contribution is 2.39. The Balaban J connectivity index is 1.54. The Bertz CT molecular complexity index is 869. The smallest absolute Gasteiger partial charge is 0.240 e. The third-order valence-electron chi connectivity index (χ3n) is 6.04. The highest BCUT2D eigenvalue weighted by molar-refractivity contribution is 5.96. The fraction of sp³-hybridized carbons (Fsp3) is 0.609. The maximum atomic E-state index is 12.7. The zero-order valence-corrected chi connectivity index (χ0v) is 17.7. The van der Waals surface area contributed by atoms with E-state index in [0.717, 1.165) is 60.1 Å². The van der Waals surface area contributed by atoms with Crippen molar-refractivity contribution in [3.8, 4) is 11.5 Å². The summed E-state index contributed by atoms with van der Waals surface area (Å²) in [6.45, 7) is 4.30. The summed E-state index contributed by atoms with van der Waals surface area (Å²) in [7, 11) is 1.63. The summed E-state index contributed by atoms with van der Waals surface area (Å²) < 4.78 is 36.9. The van der Waals surface area contributed by atoms with Crippen LogP contribution in [0.2, 0.25) is 0 Å². The van der Waals surface area contributed by atoms with Crippen LogP contribution >= 0.6 is 0 Å². The molecule has 0 saturated carbocycles. The van der Waals surface area contributed by atoms with Crippen LogP contribution < -0.4 is 14.8 Å². The van der Waals surface area contributed by atoms with Crippen molar-refractivity contribution in [1.82, 2.24) is 9.88 Å². The molecule has 30 heavy (non-hydrogen) atoms. The number of nitrogens with one attached hydrogen (secondary N) is 1. The second-order valence-corrected chi connectivity index (χ2v) is 8.14. The minimum Gasteiger partial charge on any atom is -0.493 e. The van der Waals surface area contributed by atoms with Gasteiger partial charge in [0.05, 0.1) is 19.2 Å². The molecule has 1 aliphatic heterocycles. The lowest BCUT2D eigenvalue weighted by Gasteiger charge is -2.18. The molecule has 2 heterocycles. The van der Waals surface area contributed by atoms with Gasteiger partial charge in [-0.15, -0.1) is 0 Å². The van der Waals surface area contributed by atoms with Gasteiger partial charge in [-0.3, -0.25) is 4.98 Å². The van der Waals surface area contributed by atoms with Gasteiger partial charge in [-0.25, -0.2) is 8.78 Å². The Morgan fingerprint density at radius 1 is 1.13 bits per heavy atom. The number of methoxy groups -OCH3 is 1. The number of nitrogens with zero attached hydrogens (tertiary/aromatic N) is 2. The SMILES string of the molecule is COc1cc2c(NCCC(F)F)c3c(nc2cc1OCCCN1CCCC1)CCC3. The first-order valence-corrected chi connectivity index (χ1v) is 11.1. The number of anilines is 1. The van der Waals surface area contributed by atoms with E-state index in [-0.39, 0.29) is 13.0 Å². The molecule has 0 bridgehead atoms. The number of aryl methyl sites for hydroxylation is 1. The van der Waals surface area contributed by atoms with E-state index in [0.29, 0.717) is 18.1 Å². The number of ether oxygens (including phenoxy) is 2. The number of fused-ring (bicyclic) bond motifs is 2. The quantitative estimate of drug-likeness (QED) is 0.568. The van der Waals surface area contributed by atoms with Gasteiger partial charge in [0.2, 0.25) is 6.43 Å². The van der Waals surface area contributed by atoms with E-state index in [1.54, 1.807) is 7.11 Å². The van der Waals surface area contributed by atoms with Crippen LogP contribution in [0.5, 0.6) is 11.5 Å². The van der Waals surface area contributed by atoms with Crippen molar-refractivity contribution in [2.24, 2.45) is 0 Å². The predicted octanol–water partition coefficient (Wildman–Crippen LogP) is 4.66. The van der Waals surface area contributed by atoms with E-state index in [2.05, 4.69) is 10.2 Å². The summed E-state index contributed by atoms with van der Waals surface area (Å²) in [6.07, 6.45) is 3.96. The number of aromatic nitrogens is 1. The molecule has 7 heteroatoms. The average molecular weight is 420 g/mol. The molecule has 4 rings (SSSR count). The highest BCUT2D eigenvalue weighted by Gasteiger charge is 2.21. The molecule has 1 N–H and O–H groups in total. The molecule has 164 valence electrons. The summed E-state index contributed by atoms with van der Waals surface area (Å²) in [5.74, 6) is 1.34. The van der Waals surface area contributed by atoms with Gasteiger partial charge in [0.15, 0.2) is 11.5 Å². The van der Waals surface area contributed by atoms with Crippen LogP contribution in [0, 0.1) is 0 Å². The van der Waals surface area contributed by atoms with Crippen LogP contribution in [0.1, 0.15) is 43.4 Å². The summed E-state index contributed by atoms with van der Waals surface area (Å²) in [5.41, 5.74) is 3.96. The average Bonchev–Trinajstić information content (AvgIpc) is 3.41. The number of pyridine rings is 1. The van der Waals surface area contributed by atoms with Crippen LogP contribution in [0.4, 0.5) is 14.5 Å². The van der Waals surface area contributed by atoms with Crippen molar-refractivity contribution in [1.29, 1.82) is 0 Å². The van der Waals surface area contributed by atoms with Crippen molar-refractivity contribution < 1.29 is 18.3 Å². The number of likely N-dealkylation sites (tertiary alicyclic amines) is 1. The maximum absolute atomic E-state index is 12.7. The molecule has 1 aromatic heterocycles. The Morgan fingerprint density at radius 3 is 2.73 bits per heavy atom. The molecular weight excluding hydrogens is 388 g/mol. The van der Waals surface area contributed by atoms with Gasteiger partial charge in [0.1, 0.15) is 0 Å². The summed E-state index contributed by atoms with van der Waals surface area (Å²) >= 11 is 0. The van der Waals surface area contributed by atoms with Gasteiger partial charge in [-0.2, -0.15) is 0 Å². The van der Waals surface area contributed by atoms with Crippen molar-refractivity contribution in [3.05, 3.63) is 23.4 Å². The van der Waals surface area contributed by atoms with E-state index >= 15 is 0 Å². The minimum absolute atomic E-state index is 0.173. The molecule has 1 saturated heterocycles. The number of halogens is 2. The van der Waals surface area contributed by atoms with Crippen molar-refractivity contribution in [2.75, 3.05) is 45.2 Å². The fourth-order valence-corrected chi connectivity index (χ4v) is 4.53. The Kier molecular flexibility index (Phi) is 6.87. The van der Waals surface area contributed by atoms with Gasteiger partial charge in [-0.05, 0) is 63.2 Å². The van der Waals surface area contributed by atoms with Crippen LogP contribution in [0.15, 0.2) is 12.1 Å². The Labute approximate surface area is 176 Å². The van der Waals surface area contributed by atoms with E-state index < -0.39 is 6.43 Å². The third-order valence-corrected chi connectivity index (χ3v) is 6.04. The number of alkyl halides is 2. The van der Waals surface area contributed by atoms with E-state index in [1.165, 1.54) is 25.9 Å². The Morgan fingerprint density at radius 2 is 1.97 bits per heavy atom. The highest BCUT2D eigenvalue weighted by atomic mass is 19.3. The molecule has 1 aromatic carbocycles. The zero-order chi connectivity index (χ0) is 20.9. The van der Waals surface area contributed by atoms with Gasteiger partial charge in [0, 0.05) is 42.3 Å². The van der Waals surface area contributed by atoms with Crippen LogP contribution in [-0.4, -0.2) is 56.2 Å². The number of hydrogen-bond donors (Lipinski definition) is 1. The van der Waals surface area contributed by atoms with Gasteiger partial charge in [0.25, 0.3) is 0 Å². The molecule has 0 amide bonds. The molecule has 2 aliphatic rings. The number of rotatable bonds is 10. The molecule has 5 nitrogen and oxygen atoms in total.